The van der Waals surface area contributed by atoms with Gasteiger partial charge in [0, 0.05) is 25.6 Å². The van der Waals surface area contributed by atoms with Crippen LogP contribution in [-0.2, 0) is 11.3 Å². The fourth-order valence-corrected chi connectivity index (χ4v) is 4.17. The first-order chi connectivity index (χ1) is 18.3. The van der Waals surface area contributed by atoms with E-state index < -0.39 is 0 Å². The van der Waals surface area contributed by atoms with Crippen molar-refractivity contribution in [3.05, 3.63) is 53.2 Å². The van der Waals surface area contributed by atoms with Crippen LogP contribution in [0.5, 0.6) is 11.5 Å². The summed E-state index contributed by atoms with van der Waals surface area (Å²) in [6.07, 6.45) is 2.81. The minimum atomic E-state index is -0.387. The van der Waals surface area contributed by atoms with Crippen LogP contribution in [0.15, 0.2) is 40.9 Å². The number of hydrogen-bond donors (Lipinski definition) is 6. The lowest BCUT2D eigenvalue weighted by atomic mass is 9.94. The minimum absolute atomic E-state index is 0.00425. The maximum absolute atomic E-state index is 12.8. The van der Waals surface area contributed by atoms with E-state index in [9.17, 15) is 19.8 Å². The van der Waals surface area contributed by atoms with Gasteiger partial charge in [-0.1, -0.05) is 49.7 Å². The number of amides is 2. The van der Waals surface area contributed by atoms with Crippen molar-refractivity contribution < 1.29 is 29.5 Å². The first kappa shape index (κ1) is 28.7. The van der Waals surface area contributed by atoms with E-state index in [1.165, 1.54) is 6.07 Å². The number of phenolic OH excluding ortho intramolecular Hbond substituents is 2. The highest BCUT2D eigenvalue weighted by atomic mass is 16.5. The first-order valence-corrected chi connectivity index (χ1v) is 12.8. The Bertz CT molecular complexity index is 1240. The normalized spacial score (nSPS) is 11.1. The number of benzene rings is 2. The Hall–Kier alpha value is -3.89. The third-order valence-electron chi connectivity index (χ3n) is 6.21. The van der Waals surface area contributed by atoms with Crippen LogP contribution in [-0.4, -0.2) is 45.5 Å². The number of rotatable bonds is 13. The van der Waals surface area contributed by atoms with Crippen molar-refractivity contribution in [2.75, 3.05) is 13.1 Å². The molecule has 0 saturated carbocycles. The lowest BCUT2D eigenvalue weighted by Gasteiger charge is -2.13. The van der Waals surface area contributed by atoms with Gasteiger partial charge in [-0.3, -0.25) is 14.8 Å². The SMILES string of the molecule is CCNC(=O)c1noc(-c2cc(C(C)C)c(O)cc2O)c1-c1ccc(CNCCCCCC(=O)NO)cc1. The Morgan fingerprint density at radius 2 is 1.76 bits per heavy atom. The van der Waals surface area contributed by atoms with Crippen molar-refractivity contribution in [1.29, 1.82) is 0 Å². The fraction of sp³-hybridized carbons (Fsp3) is 0.393. The molecule has 0 bridgehead atoms. The third kappa shape index (κ3) is 7.11. The number of aromatic hydroxyl groups is 2. The first-order valence-electron chi connectivity index (χ1n) is 12.8. The monoisotopic (exact) mass is 524 g/mol. The van der Waals surface area contributed by atoms with Crippen LogP contribution >= 0.6 is 0 Å². The van der Waals surface area contributed by atoms with Crippen LogP contribution in [0.1, 0.15) is 74.0 Å². The minimum Gasteiger partial charge on any atom is -0.508 e. The predicted molar refractivity (Wildman–Crippen MR) is 143 cm³/mol. The van der Waals surface area contributed by atoms with Gasteiger partial charge in [-0.15, -0.1) is 0 Å². The highest BCUT2D eigenvalue weighted by molar-refractivity contribution is 6.02. The lowest BCUT2D eigenvalue weighted by molar-refractivity contribution is -0.129. The van der Waals surface area contributed by atoms with Crippen LogP contribution in [0.25, 0.3) is 22.5 Å². The lowest BCUT2D eigenvalue weighted by Crippen LogP contribution is -2.23. The Kier molecular flexibility index (Phi) is 10.3. The molecule has 0 radical (unpaired) electrons. The van der Waals surface area contributed by atoms with Crippen LogP contribution in [0.3, 0.4) is 0 Å². The zero-order valence-electron chi connectivity index (χ0n) is 22.0. The molecule has 0 aliphatic rings. The molecule has 204 valence electrons. The highest BCUT2D eigenvalue weighted by Crippen LogP contribution is 2.43. The Morgan fingerprint density at radius 1 is 1.03 bits per heavy atom. The molecule has 0 aliphatic heterocycles. The molecule has 0 unspecified atom stereocenters. The summed E-state index contributed by atoms with van der Waals surface area (Å²) in [7, 11) is 0. The average molecular weight is 525 g/mol. The van der Waals surface area contributed by atoms with E-state index >= 15 is 0 Å². The number of nitrogens with one attached hydrogen (secondary N) is 3. The largest absolute Gasteiger partial charge is 0.508 e. The standard InChI is InChI=1S/C28H36N4O6/c1-4-30-28(36)26-25(27(38-32-26)21-14-20(17(2)3)22(33)15-23(21)34)19-11-9-18(10-12-19)16-29-13-7-5-6-8-24(35)31-37/h9-12,14-15,17,29,33-34,37H,4-8,13,16H2,1-3H3,(H,30,36)(H,31,35). The summed E-state index contributed by atoms with van der Waals surface area (Å²) in [5.41, 5.74) is 4.92. The Morgan fingerprint density at radius 3 is 2.42 bits per heavy atom. The fourth-order valence-electron chi connectivity index (χ4n) is 4.17. The molecule has 10 heteroatoms. The molecule has 0 saturated heterocycles. The van der Waals surface area contributed by atoms with E-state index in [4.69, 9.17) is 9.73 Å². The van der Waals surface area contributed by atoms with Gasteiger partial charge in [0.25, 0.3) is 5.91 Å². The van der Waals surface area contributed by atoms with Gasteiger partial charge in [-0.25, -0.2) is 5.48 Å². The number of nitrogens with zero attached hydrogens (tertiary/aromatic N) is 1. The van der Waals surface area contributed by atoms with Gasteiger partial charge in [-0.05, 0) is 55.0 Å². The Balaban J connectivity index is 1.81. The second kappa shape index (κ2) is 13.6. The van der Waals surface area contributed by atoms with E-state index in [2.05, 4.69) is 15.8 Å². The van der Waals surface area contributed by atoms with E-state index in [0.717, 1.165) is 24.9 Å². The maximum atomic E-state index is 12.8. The summed E-state index contributed by atoms with van der Waals surface area (Å²) in [4.78, 5) is 23.8. The molecule has 0 atom stereocenters. The topological polar surface area (TPSA) is 157 Å². The van der Waals surface area contributed by atoms with Crippen molar-refractivity contribution in [1.82, 2.24) is 21.3 Å². The van der Waals surface area contributed by atoms with Crippen molar-refractivity contribution in [2.45, 2.75) is 58.9 Å². The van der Waals surface area contributed by atoms with Crippen LogP contribution in [0, 0.1) is 0 Å². The second-order valence-corrected chi connectivity index (χ2v) is 9.40. The molecule has 6 N–H and O–H groups in total. The van der Waals surface area contributed by atoms with Gasteiger partial charge in [0.05, 0.1) is 11.1 Å². The van der Waals surface area contributed by atoms with Gasteiger partial charge in [0.1, 0.15) is 11.5 Å². The van der Waals surface area contributed by atoms with E-state index in [0.29, 0.717) is 48.2 Å². The number of carbonyl (C=O) groups excluding carboxylic acids is 2. The molecule has 2 aromatic carbocycles. The second-order valence-electron chi connectivity index (χ2n) is 9.40. The summed E-state index contributed by atoms with van der Waals surface area (Å²) >= 11 is 0. The number of hydrogen-bond acceptors (Lipinski definition) is 8. The van der Waals surface area contributed by atoms with Gasteiger partial charge in [0.15, 0.2) is 11.5 Å². The molecule has 3 rings (SSSR count). The van der Waals surface area contributed by atoms with Crippen molar-refractivity contribution >= 4 is 11.8 Å². The van der Waals surface area contributed by atoms with E-state index in [1.807, 2.05) is 45.0 Å². The smallest absolute Gasteiger partial charge is 0.274 e. The summed E-state index contributed by atoms with van der Waals surface area (Å²) < 4.78 is 5.62. The predicted octanol–water partition coefficient (Wildman–Crippen LogP) is 4.45. The summed E-state index contributed by atoms with van der Waals surface area (Å²) in [5.74, 6) is -0.711. The third-order valence-corrected chi connectivity index (χ3v) is 6.21. The number of phenols is 2. The number of aromatic nitrogens is 1. The van der Waals surface area contributed by atoms with E-state index in [1.54, 1.807) is 11.5 Å². The van der Waals surface area contributed by atoms with Crippen molar-refractivity contribution in [3.8, 4) is 33.9 Å². The summed E-state index contributed by atoms with van der Waals surface area (Å²) in [5, 5.41) is 39.6. The summed E-state index contributed by atoms with van der Waals surface area (Å²) in [6.45, 7) is 7.53. The average Bonchev–Trinajstić information content (AvgIpc) is 3.33. The number of unbranched alkanes of at least 4 members (excludes halogenated alkanes) is 2. The molecular formula is C28H36N4O6. The molecule has 10 nitrogen and oxygen atoms in total. The molecule has 1 heterocycles. The molecule has 3 aromatic rings. The molecular weight excluding hydrogens is 488 g/mol. The van der Waals surface area contributed by atoms with Gasteiger partial charge >= 0.3 is 0 Å². The molecule has 38 heavy (non-hydrogen) atoms. The van der Waals surface area contributed by atoms with Crippen molar-refractivity contribution in [2.24, 2.45) is 0 Å². The highest BCUT2D eigenvalue weighted by Gasteiger charge is 2.27. The zero-order valence-corrected chi connectivity index (χ0v) is 22.0. The van der Waals surface area contributed by atoms with Crippen LogP contribution in [0.2, 0.25) is 0 Å². The van der Waals surface area contributed by atoms with Crippen molar-refractivity contribution in [3.63, 3.8) is 0 Å². The molecule has 0 fully saturated rings. The van der Waals surface area contributed by atoms with Gasteiger partial charge < -0.3 is 25.4 Å². The molecule has 0 spiro atoms. The molecule has 2 amide bonds. The van der Waals surface area contributed by atoms with Crippen LogP contribution < -0.4 is 16.1 Å². The zero-order chi connectivity index (χ0) is 27.7. The van der Waals surface area contributed by atoms with E-state index in [-0.39, 0.29) is 40.7 Å². The molecule has 1 aromatic heterocycles. The maximum Gasteiger partial charge on any atom is 0.274 e. The number of carbonyl (C=O) groups is 2. The van der Waals surface area contributed by atoms with Crippen LogP contribution in [0.4, 0.5) is 0 Å². The van der Waals surface area contributed by atoms with Gasteiger partial charge in [0.2, 0.25) is 5.91 Å². The summed E-state index contributed by atoms with van der Waals surface area (Å²) in [6, 6.07) is 10.6. The van der Waals surface area contributed by atoms with Gasteiger partial charge in [-0.2, -0.15) is 0 Å². The Labute approximate surface area is 222 Å². The number of hydroxylamine groups is 1. The molecule has 0 aliphatic carbocycles. The quantitative estimate of drug-likeness (QED) is 0.109.